The molecule has 0 radical (unpaired) electrons. The molecule has 2 aliphatic heterocycles. The summed E-state index contributed by atoms with van der Waals surface area (Å²) in [5.74, 6) is 0.601. The van der Waals surface area contributed by atoms with Crippen LogP contribution in [0.1, 0.15) is 47.3 Å². The quantitative estimate of drug-likeness (QED) is 0.835. The monoisotopic (exact) mass is 394 g/mol. The summed E-state index contributed by atoms with van der Waals surface area (Å²) in [5, 5.41) is 0. The molecule has 1 amide bonds. The minimum Gasteiger partial charge on any atom is -0.338 e. The molecule has 3 atom stereocenters. The highest BCUT2D eigenvalue weighted by molar-refractivity contribution is 5.94. The van der Waals surface area contributed by atoms with Crippen molar-refractivity contribution in [3.8, 4) is 0 Å². The summed E-state index contributed by atoms with van der Waals surface area (Å²) < 4.78 is 1.67. The van der Waals surface area contributed by atoms with E-state index in [1.54, 1.807) is 10.6 Å². The van der Waals surface area contributed by atoms with Gasteiger partial charge in [-0.05, 0) is 50.3 Å². The minimum absolute atomic E-state index is 0.135. The number of carbonyl (C=O) groups excluding carboxylic acids is 1. The SMILES string of the molecule is CCn1c(C)ccc(C(=O)N2CCCC(C3NNCC3c3ccccc3)C2)c1=O. The average Bonchev–Trinajstić information content (AvgIpc) is 3.24. The zero-order valence-electron chi connectivity index (χ0n) is 17.2. The van der Waals surface area contributed by atoms with Gasteiger partial charge in [-0.2, -0.15) is 0 Å². The van der Waals surface area contributed by atoms with E-state index in [1.165, 1.54) is 5.56 Å². The topological polar surface area (TPSA) is 66.4 Å². The number of benzene rings is 1. The number of nitrogens with one attached hydrogen (secondary N) is 2. The van der Waals surface area contributed by atoms with Gasteiger partial charge in [0.15, 0.2) is 0 Å². The highest BCUT2D eigenvalue weighted by Crippen LogP contribution is 2.31. The molecule has 3 unspecified atom stereocenters. The molecule has 0 bridgehead atoms. The average molecular weight is 395 g/mol. The lowest BCUT2D eigenvalue weighted by Gasteiger charge is -2.37. The first-order valence-electron chi connectivity index (χ1n) is 10.6. The normalized spacial score (nSPS) is 24.6. The van der Waals surface area contributed by atoms with E-state index in [1.807, 2.05) is 30.9 Å². The van der Waals surface area contributed by atoms with Crippen molar-refractivity contribution >= 4 is 5.91 Å². The Bertz CT molecular complexity index is 924. The fourth-order valence-corrected chi connectivity index (χ4v) is 4.87. The molecule has 0 aliphatic carbocycles. The lowest BCUT2D eigenvalue weighted by atomic mass is 9.81. The second-order valence-electron chi connectivity index (χ2n) is 8.16. The summed E-state index contributed by atoms with van der Waals surface area (Å²) in [4.78, 5) is 27.8. The van der Waals surface area contributed by atoms with Crippen molar-refractivity contribution in [2.75, 3.05) is 19.6 Å². The first kappa shape index (κ1) is 19.9. The van der Waals surface area contributed by atoms with Gasteiger partial charge in [0.1, 0.15) is 5.56 Å². The van der Waals surface area contributed by atoms with Gasteiger partial charge in [0.2, 0.25) is 0 Å². The van der Waals surface area contributed by atoms with Gasteiger partial charge in [0.05, 0.1) is 0 Å². The van der Waals surface area contributed by atoms with Gasteiger partial charge >= 0.3 is 0 Å². The number of amides is 1. The van der Waals surface area contributed by atoms with Crippen LogP contribution in [0.4, 0.5) is 0 Å². The van der Waals surface area contributed by atoms with Crippen molar-refractivity contribution in [3.05, 3.63) is 69.6 Å². The summed E-state index contributed by atoms with van der Waals surface area (Å²) in [7, 11) is 0. The molecular formula is C23H30N4O2. The smallest absolute Gasteiger partial charge is 0.263 e. The molecule has 29 heavy (non-hydrogen) atoms. The molecule has 1 aromatic carbocycles. The summed E-state index contributed by atoms with van der Waals surface area (Å²) in [5.41, 5.74) is 9.09. The van der Waals surface area contributed by atoms with Gasteiger partial charge in [-0.25, -0.2) is 0 Å². The fraction of sp³-hybridized carbons (Fsp3) is 0.478. The standard InChI is InChI=1S/C23H30N4O2/c1-3-27-16(2)11-12-19(23(27)29)22(28)26-13-7-10-18(15-26)21-20(14-24-25-21)17-8-5-4-6-9-17/h4-6,8-9,11-12,18,20-21,24-25H,3,7,10,13-15H2,1-2H3. The maximum atomic E-state index is 13.2. The van der Waals surface area contributed by atoms with Crippen molar-refractivity contribution in [2.45, 2.75) is 45.2 Å². The van der Waals surface area contributed by atoms with Crippen LogP contribution in [-0.4, -0.2) is 41.1 Å². The third-order valence-corrected chi connectivity index (χ3v) is 6.44. The number of pyridine rings is 1. The number of rotatable bonds is 4. The number of aryl methyl sites for hydroxylation is 1. The first-order chi connectivity index (χ1) is 14.1. The highest BCUT2D eigenvalue weighted by atomic mass is 16.2. The van der Waals surface area contributed by atoms with Crippen molar-refractivity contribution in [2.24, 2.45) is 5.92 Å². The van der Waals surface area contributed by atoms with E-state index in [0.29, 0.717) is 31.5 Å². The molecule has 0 saturated carbocycles. The van der Waals surface area contributed by atoms with Crippen LogP contribution in [0.15, 0.2) is 47.3 Å². The lowest BCUT2D eigenvalue weighted by molar-refractivity contribution is 0.0642. The van der Waals surface area contributed by atoms with Crippen LogP contribution in [0.2, 0.25) is 0 Å². The third-order valence-electron chi connectivity index (χ3n) is 6.44. The predicted octanol–water partition coefficient (Wildman–Crippen LogP) is 2.29. The molecule has 2 saturated heterocycles. The summed E-state index contributed by atoms with van der Waals surface area (Å²) in [6.45, 7) is 6.69. The van der Waals surface area contributed by atoms with Crippen LogP contribution in [0, 0.1) is 12.8 Å². The van der Waals surface area contributed by atoms with Gasteiger partial charge in [-0.3, -0.25) is 20.4 Å². The molecular weight excluding hydrogens is 364 g/mol. The number of likely N-dealkylation sites (tertiary alicyclic amines) is 1. The second kappa shape index (κ2) is 8.51. The van der Waals surface area contributed by atoms with Gasteiger partial charge in [-0.15, -0.1) is 0 Å². The number of piperidine rings is 1. The van der Waals surface area contributed by atoms with E-state index in [4.69, 9.17) is 0 Å². The predicted molar refractivity (Wildman–Crippen MR) is 114 cm³/mol. The van der Waals surface area contributed by atoms with E-state index in [0.717, 1.165) is 25.1 Å². The Labute approximate surface area is 171 Å². The van der Waals surface area contributed by atoms with Crippen LogP contribution >= 0.6 is 0 Å². The summed E-state index contributed by atoms with van der Waals surface area (Å²) >= 11 is 0. The lowest BCUT2D eigenvalue weighted by Crippen LogP contribution is -2.49. The Morgan fingerprint density at radius 3 is 2.72 bits per heavy atom. The Hall–Kier alpha value is -2.44. The maximum Gasteiger partial charge on any atom is 0.263 e. The van der Waals surface area contributed by atoms with E-state index >= 15 is 0 Å². The van der Waals surface area contributed by atoms with Crippen molar-refractivity contribution in [1.82, 2.24) is 20.3 Å². The van der Waals surface area contributed by atoms with Crippen molar-refractivity contribution in [1.29, 1.82) is 0 Å². The molecule has 2 aromatic rings. The second-order valence-corrected chi connectivity index (χ2v) is 8.16. The molecule has 3 heterocycles. The molecule has 4 rings (SSSR count). The van der Waals surface area contributed by atoms with Crippen LogP contribution < -0.4 is 16.4 Å². The number of nitrogens with zero attached hydrogens (tertiary/aromatic N) is 2. The molecule has 6 heteroatoms. The van der Waals surface area contributed by atoms with E-state index in [-0.39, 0.29) is 23.1 Å². The zero-order chi connectivity index (χ0) is 20.4. The molecule has 2 aliphatic rings. The van der Waals surface area contributed by atoms with Crippen molar-refractivity contribution < 1.29 is 4.79 Å². The number of carbonyl (C=O) groups is 1. The van der Waals surface area contributed by atoms with Crippen LogP contribution in [0.5, 0.6) is 0 Å². The maximum absolute atomic E-state index is 13.2. The Balaban J connectivity index is 1.53. The largest absolute Gasteiger partial charge is 0.338 e. The van der Waals surface area contributed by atoms with E-state index < -0.39 is 0 Å². The molecule has 0 spiro atoms. The third kappa shape index (κ3) is 3.87. The first-order valence-corrected chi connectivity index (χ1v) is 10.6. The highest BCUT2D eigenvalue weighted by Gasteiger charge is 2.38. The summed E-state index contributed by atoms with van der Waals surface area (Å²) in [6, 6.07) is 14.4. The van der Waals surface area contributed by atoms with Crippen LogP contribution in [0.25, 0.3) is 0 Å². The molecule has 2 fully saturated rings. The number of hydrogen-bond donors (Lipinski definition) is 2. The molecule has 6 nitrogen and oxygen atoms in total. The molecule has 2 N–H and O–H groups in total. The Kier molecular flexibility index (Phi) is 5.83. The Morgan fingerprint density at radius 1 is 1.17 bits per heavy atom. The molecule has 1 aromatic heterocycles. The minimum atomic E-state index is -0.178. The summed E-state index contributed by atoms with van der Waals surface area (Å²) in [6.07, 6.45) is 2.05. The number of hydrogen-bond acceptors (Lipinski definition) is 4. The number of aromatic nitrogens is 1. The Morgan fingerprint density at radius 2 is 1.97 bits per heavy atom. The zero-order valence-corrected chi connectivity index (χ0v) is 17.2. The fourth-order valence-electron chi connectivity index (χ4n) is 4.87. The van der Waals surface area contributed by atoms with E-state index in [2.05, 4.69) is 35.1 Å². The van der Waals surface area contributed by atoms with Gasteiger partial charge in [-0.1, -0.05) is 30.3 Å². The van der Waals surface area contributed by atoms with Crippen LogP contribution in [0.3, 0.4) is 0 Å². The van der Waals surface area contributed by atoms with Gasteiger partial charge < -0.3 is 9.47 Å². The van der Waals surface area contributed by atoms with Crippen LogP contribution in [-0.2, 0) is 6.54 Å². The van der Waals surface area contributed by atoms with Gasteiger partial charge in [0.25, 0.3) is 11.5 Å². The van der Waals surface area contributed by atoms with Crippen molar-refractivity contribution in [3.63, 3.8) is 0 Å². The van der Waals surface area contributed by atoms with E-state index in [9.17, 15) is 9.59 Å². The molecule has 154 valence electrons. The number of hydrazine groups is 1. The van der Waals surface area contributed by atoms with Gasteiger partial charge in [0, 0.05) is 43.8 Å².